The van der Waals surface area contributed by atoms with Crippen molar-refractivity contribution in [1.82, 2.24) is 15.6 Å². The number of aromatic nitrogens is 1. The van der Waals surface area contributed by atoms with E-state index < -0.39 is 0 Å². The van der Waals surface area contributed by atoms with Gasteiger partial charge in [0.1, 0.15) is 0 Å². The molecular weight excluding hydrogens is 222 g/mol. The van der Waals surface area contributed by atoms with Crippen LogP contribution in [0.3, 0.4) is 0 Å². The molecule has 1 aromatic carbocycles. The Labute approximate surface area is 108 Å². The van der Waals surface area contributed by atoms with Crippen molar-refractivity contribution in [3.05, 3.63) is 36.0 Å². The Morgan fingerprint density at radius 3 is 3.11 bits per heavy atom. The fraction of sp³-hybridized carbons (Fsp3) is 0.467. The minimum absolute atomic E-state index is 0.688. The van der Waals surface area contributed by atoms with Gasteiger partial charge in [0.15, 0.2) is 0 Å². The molecule has 0 amide bonds. The third-order valence-electron chi connectivity index (χ3n) is 3.80. The summed E-state index contributed by atoms with van der Waals surface area (Å²) >= 11 is 0. The summed E-state index contributed by atoms with van der Waals surface area (Å²) in [5.74, 6) is 0. The molecule has 1 fully saturated rings. The van der Waals surface area contributed by atoms with Gasteiger partial charge >= 0.3 is 0 Å². The van der Waals surface area contributed by atoms with Gasteiger partial charge in [-0.15, -0.1) is 0 Å². The van der Waals surface area contributed by atoms with Crippen LogP contribution in [-0.2, 0) is 6.42 Å². The van der Waals surface area contributed by atoms with E-state index >= 15 is 0 Å². The van der Waals surface area contributed by atoms with Crippen LogP contribution < -0.4 is 10.6 Å². The molecule has 0 aliphatic carbocycles. The lowest BCUT2D eigenvalue weighted by Gasteiger charge is -2.10. The Bertz CT molecular complexity index is 497. The maximum Gasteiger partial charge on any atom is 0.0456 e. The number of benzene rings is 1. The van der Waals surface area contributed by atoms with Crippen molar-refractivity contribution in [3.8, 4) is 0 Å². The molecule has 1 atom stereocenters. The lowest BCUT2D eigenvalue weighted by atomic mass is 10.1. The molecule has 3 heteroatoms. The molecule has 0 spiro atoms. The number of hydrogen-bond acceptors (Lipinski definition) is 2. The average Bonchev–Trinajstić information content (AvgIpc) is 3.04. The van der Waals surface area contributed by atoms with E-state index in [0.29, 0.717) is 6.04 Å². The second-order valence-corrected chi connectivity index (χ2v) is 5.11. The van der Waals surface area contributed by atoms with Crippen LogP contribution in [0.15, 0.2) is 30.5 Å². The topological polar surface area (TPSA) is 39.8 Å². The van der Waals surface area contributed by atoms with Gasteiger partial charge in [0, 0.05) is 29.7 Å². The lowest BCUT2D eigenvalue weighted by Crippen LogP contribution is -2.34. The van der Waals surface area contributed by atoms with E-state index in [9.17, 15) is 0 Å². The summed E-state index contributed by atoms with van der Waals surface area (Å²) in [6.07, 6.45) is 5.88. The molecule has 1 saturated heterocycles. The smallest absolute Gasteiger partial charge is 0.0456 e. The number of fused-ring (bicyclic) bond motifs is 1. The fourth-order valence-corrected chi connectivity index (χ4v) is 2.77. The van der Waals surface area contributed by atoms with E-state index in [2.05, 4.69) is 46.1 Å². The van der Waals surface area contributed by atoms with E-state index in [-0.39, 0.29) is 0 Å². The van der Waals surface area contributed by atoms with E-state index in [4.69, 9.17) is 0 Å². The largest absolute Gasteiger partial charge is 0.361 e. The summed E-state index contributed by atoms with van der Waals surface area (Å²) in [7, 11) is 0. The number of para-hydroxylation sites is 1. The highest BCUT2D eigenvalue weighted by molar-refractivity contribution is 5.83. The van der Waals surface area contributed by atoms with E-state index in [1.54, 1.807) is 0 Å². The first-order chi connectivity index (χ1) is 8.93. The Morgan fingerprint density at radius 2 is 2.22 bits per heavy atom. The van der Waals surface area contributed by atoms with Crippen molar-refractivity contribution in [2.45, 2.75) is 25.3 Å². The van der Waals surface area contributed by atoms with Gasteiger partial charge in [-0.05, 0) is 44.0 Å². The molecule has 3 N–H and O–H groups in total. The number of hydrogen-bond donors (Lipinski definition) is 3. The number of rotatable bonds is 5. The SMILES string of the molecule is c1ccc2c(CCNCC3CCCN3)c[nH]c2c1. The van der Waals surface area contributed by atoms with Crippen molar-refractivity contribution in [3.63, 3.8) is 0 Å². The van der Waals surface area contributed by atoms with Gasteiger partial charge in [0.05, 0.1) is 0 Å². The maximum atomic E-state index is 3.55. The first-order valence-corrected chi connectivity index (χ1v) is 6.92. The molecular formula is C15H21N3. The summed E-state index contributed by atoms with van der Waals surface area (Å²) in [4.78, 5) is 3.33. The maximum absolute atomic E-state index is 3.55. The molecule has 1 aliphatic heterocycles. The van der Waals surface area contributed by atoms with Gasteiger partial charge in [0.25, 0.3) is 0 Å². The van der Waals surface area contributed by atoms with E-state index in [1.165, 1.54) is 35.9 Å². The second kappa shape index (κ2) is 5.55. The Balaban J connectivity index is 1.50. The summed E-state index contributed by atoms with van der Waals surface area (Å²) in [5.41, 5.74) is 2.66. The molecule has 0 bridgehead atoms. The molecule has 1 unspecified atom stereocenters. The van der Waals surface area contributed by atoms with Crippen LogP contribution in [-0.4, -0.2) is 30.7 Å². The number of nitrogens with one attached hydrogen (secondary N) is 3. The van der Waals surface area contributed by atoms with Crippen LogP contribution in [0.2, 0.25) is 0 Å². The molecule has 18 heavy (non-hydrogen) atoms. The third kappa shape index (κ3) is 2.57. The molecule has 2 aromatic rings. The number of aromatic amines is 1. The van der Waals surface area contributed by atoms with E-state index in [0.717, 1.165) is 19.5 Å². The standard InChI is InChI=1S/C15H21N3/c1-2-6-15-14(5-1)12(10-18-15)7-9-16-11-13-4-3-8-17-13/h1-2,5-6,10,13,16-18H,3-4,7-9,11H2. The molecule has 3 rings (SSSR count). The molecule has 0 saturated carbocycles. The molecule has 0 radical (unpaired) electrons. The normalized spacial score (nSPS) is 19.7. The highest BCUT2D eigenvalue weighted by atomic mass is 15.0. The zero-order valence-electron chi connectivity index (χ0n) is 10.7. The van der Waals surface area contributed by atoms with Crippen molar-refractivity contribution >= 4 is 10.9 Å². The minimum Gasteiger partial charge on any atom is -0.361 e. The Kier molecular flexibility index (Phi) is 3.62. The zero-order valence-corrected chi connectivity index (χ0v) is 10.7. The first-order valence-electron chi connectivity index (χ1n) is 6.92. The Hall–Kier alpha value is -1.32. The van der Waals surface area contributed by atoms with Gasteiger partial charge in [-0.1, -0.05) is 18.2 Å². The minimum atomic E-state index is 0.688. The second-order valence-electron chi connectivity index (χ2n) is 5.11. The summed E-state index contributed by atoms with van der Waals surface area (Å²) in [5, 5.41) is 8.42. The number of H-pyrrole nitrogens is 1. The quantitative estimate of drug-likeness (QED) is 0.703. The van der Waals surface area contributed by atoms with Crippen molar-refractivity contribution in [2.75, 3.05) is 19.6 Å². The predicted octanol–water partition coefficient (Wildman–Crippen LogP) is 2.05. The highest BCUT2D eigenvalue weighted by Gasteiger charge is 2.12. The molecule has 1 aliphatic rings. The van der Waals surface area contributed by atoms with Gasteiger partial charge in [-0.25, -0.2) is 0 Å². The van der Waals surface area contributed by atoms with Crippen LogP contribution in [0.5, 0.6) is 0 Å². The van der Waals surface area contributed by atoms with Crippen LogP contribution in [0.25, 0.3) is 10.9 Å². The Morgan fingerprint density at radius 1 is 1.28 bits per heavy atom. The fourth-order valence-electron chi connectivity index (χ4n) is 2.77. The van der Waals surface area contributed by atoms with Crippen LogP contribution in [0.4, 0.5) is 0 Å². The predicted molar refractivity (Wildman–Crippen MR) is 75.9 cm³/mol. The lowest BCUT2D eigenvalue weighted by molar-refractivity contribution is 0.538. The molecule has 2 heterocycles. The molecule has 96 valence electrons. The summed E-state index contributed by atoms with van der Waals surface area (Å²) in [6.45, 7) is 3.34. The average molecular weight is 243 g/mol. The van der Waals surface area contributed by atoms with Gasteiger partial charge in [-0.3, -0.25) is 0 Å². The van der Waals surface area contributed by atoms with Gasteiger partial charge in [0.2, 0.25) is 0 Å². The van der Waals surface area contributed by atoms with E-state index in [1.807, 2.05) is 0 Å². The molecule has 3 nitrogen and oxygen atoms in total. The monoisotopic (exact) mass is 243 g/mol. The zero-order chi connectivity index (χ0) is 12.2. The van der Waals surface area contributed by atoms with Crippen molar-refractivity contribution < 1.29 is 0 Å². The van der Waals surface area contributed by atoms with Crippen LogP contribution in [0, 0.1) is 0 Å². The summed E-state index contributed by atoms with van der Waals surface area (Å²) in [6, 6.07) is 9.20. The third-order valence-corrected chi connectivity index (χ3v) is 3.80. The van der Waals surface area contributed by atoms with Crippen molar-refractivity contribution in [2.24, 2.45) is 0 Å². The van der Waals surface area contributed by atoms with Crippen LogP contribution >= 0.6 is 0 Å². The first kappa shape index (κ1) is 11.8. The van der Waals surface area contributed by atoms with Gasteiger partial charge in [-0.2, -0.15) is 0 Å². The van der Waals surface area contributed by atoms with Gasteiger partial charge < -0.3 is 15.6 Å². The summed E-state index contributed by atoms with van der Waals surface area (Å²) < 4.78 is 0. The van der Waals surface area contributed by atoms with Crippen molar-refractivity contribution in [1.29, 1.82) is 0 Å². The molecule has 1 aromatic heterocycles. The highest BCUT2D eigenvalue weighted by Crippen LogP contribution is 2.17. The van der Waals surface area contributed by atoms with Crippen LogP contribution in [0.1, 0.15) is 18.4 Å².